The van der Waals surface area contributed by atoms with Crippen LogP contribution in [0, 0.1) is 23.7 Å². The molecule has 0 spiro atoms. The fourth-order valence-corrected chi connectivity index (χ4v) is 18.9. The lowest BCUT2D eigenvalue weighted by molar-refractivity contribution is -0.135. The summed E-state index contributed by atoms with van der Waals surface area (Å²) in [6.07, 6.45) is 15.5. The van der Waals surface area contributed by atoms with Crippen LogP contribution in [0.1, 0.15) is 224 Å². The van der Waals surface area contributed by atoms with Crippen molar-refractivity contribution < 1.29 is 96.5 Å². The summed E-state index contributed by atoms with van der Waals surface area (Å²) in [5.41, 5.74) is 3.31. The fourth-order valence-electron chi connectivity index (χ4n) is 18.9. The van der Waals surface area contributed by atoms with Crippen LogP contribution in [-0.2, 0) is 86.2 Å². The summed E-state index contributed by atoms with van der Waals surface area (Å²) < 4.78 is 35.3. The van der Waals surface area contributed by atoms with E-state index in [1.807, 2.05) is 24.3 Å². The van der Waals surface area contributed by atoms with Gasteiger partial charge in [0.1, 0.15) is 64.3 Å². The lowest BCUT2D eigenvalue weighted by atomic mass is 9.70. The molecule has 29 nitrogen and oxygen atoms in total. The summed E-state index contributed by atoms with van der Waals surface area (Å²) in [6, 6.07) is 7.20. The number of ketones is 3. The highest BCUT2D eigenvalue weighted by molar-refractivity contribution is 6.01. The second kappa shape index (κ2) is 39.0. The van der Waals surface area contributed by atoms with Crippen molar-refractivity contribution in [2.24, 2.45) is 23.7 Å². The number of epoxide rings is 3. The Morgan fingerprint density at radius 3 is 1.35 bits per heavy atom. The van der Waals surface area contributed by atoms with E-state index in [2.05, 4.69) is 60.0 Å². The quantitative estimate of drug-likeness (QED) is 0.0205. The summed E-state index contributed by atoms with van der Waals surface area (Å²) in [7, 11) is 4.60. The van der Waals surface area contributed by atoms with Gasteiger partial charge in [0.25, 0.3) is 0 Å². The molecule has 0 radical (unpaired) electrons. The van der Waals surface area contributed by atoms with Gasteiger partial charge in [-0.1, -0.05) is 47.6 Å². The van der Waals surface area contributed by atoms with E-state index < -0.39 is 136 Å². The third-order valence-corrected chi connectivity index (χ3v) is 27.4. The molecular weight excluding hydrogens is 1580 g/mol. The Morgan fingerprint density at radius 1 is 0.472 bits per heavy atom. The molecule has 668 valence electrons. The zero-order valence-electron chi connectivity index (χ0n) is 72.9. The molecule has 0 bridgehead atoms. The van der Waals surface area contributed by atoms with Gasteiger partial charge in [-0.15, -0.1) is 0 Å². The Bertz CT molecular complexity index is 4570. The highest BCUT2D eigenvalue weighted by atomic mass is 16.6. The highest BCUT2D eigenvalue weighted by Crippen LogP contribution is 2.47. The van der Waals surface area contributed by atoms with Crippen LogP contribution < -0.4 is 62.1 Å². The molecule has 0 aromatic heterocycles. The molecular formula is C94H127N9O20. The molecule has 10 aliphatic rings. The SMILES string of the molecule is COc1ccc(CC(NC(=O)C(C)NC(=O)C2CCC(O)CC2)C(=O)NC(CC2=CC(c3cc(CC(NC(=O)C(C)NC(=O)C4CCC(C)(O)CC4)C(=O)NC(CC4=CCCC4)C(=O)C4(C)CO4)ccc3OC)CCC2)C(=O)C2(C)CO2)cc1-c1cc(CC(NC(=O)C(C)NC(=O)C2CCC(O)CC2)C2=C3CCC3CC(C(=O)C3(C)CO3)N2)ccc1OC. The van der Waals surface area contributed by atoms with Gasteiger partial charge < -0.3 is 91.6 Å². The minimum atomic E-state index is -1.39. The smallest absolute Gasteiger partial charge is 0.243 e. The monoisotopic (exact) mass is 1700 g/mol. The minimum absolute atomic E-state index is 0.0365. The maximum atomic E-state index is 15.7. The minimum Gasteiger partial charge on any atom is -0.496 e. The summed E-state index contributed by atoms with van der Waals surface area (Å²) in [5.74, 6) is -4.84. The number of ether oxygens (including phenoxy) is 6. The van der Waals surface area contributed by atoms with Crippen LogP contribution in [0.4, 0.5) is 0 Å². The number of Topliss-reactive ketones (excluding diaryl/α,β-unsaturated/α-hetero) is 3. The molecule has 12 N–H and O–H groups in total. The number of fused-ring (bicyclic) bond motifs is 1. The second-order valence-electron chi connectivity index (χ2n) is 37.3. The molecule has 6 aliphatic carbocycles. The van der Waals surface area contributed by atoms with Gasteiger partial charge in [-0.3, -0.25) is 52.7 Å². The van der Waals surface area contributed by atoms with Crippen LogP contribution in [0.3, 0.4) is 0 Å². The van der Waals surface area contributed by atoms with Crippen molar-refractivity contribution in [2.45, 2.75) is 310 Å². The number of methoxy groups -OCH3 is 3. The number of carbonyl (C=O) groups excluding carboxylic acids is 11. The topological polar surface area (TPSA) is 422 Å². The van der Waals surface area contributed by atoms with E-state index in [4.69, 9.17) is 28.4 Å². The van der Waals surface area contributed by atoms with E-state index in [0.29, 0.717) is 149 Å². The molecule has 29 heteroatoms. The average Bonchev–Trinajstić information content (AvgIpc) is 0.892. The van der Waals surface area contributed by atoms with Crippen LogP contribution in [0.15, 0.2) is 89.2 Å². The van der Waals surface area contributed by atoms with Crippen molar-refractivity contribution in [1.29, 1.82) is 0 Å². The predicted octanol–water partition coefficient (Wildman–Crippen LogP) is 6.87. The number of benzene rings is 3. The lowest BCUT2D eigenvalue weighted by Gasteiger charge is -2.44. The van der Waals surface area contributed by atoms with Crippen LogP contribution in [0.25, 0.3) is 11.1 Å². The molecule has 13 rings (SSSR count). The highest BCUT2D eigenvalue weighted by Gasteiger charge is 2.54. The molecule has 14 atom stereocenters. The summed E-state index contributed by atoms with van der Waals surface area (Å²) in [4.78, 5) is 159. The number of hydrogen-bond acceptors (Lipinski definition) is 21. The Hall–Kier alpha value is -9.39. The zero-order valence-corrected chi connectivity index (χ0v) is 72.9. The van der Waals surface area contributed by atoms with Crippen LogP contribution in [-0.4, -0.2) is 210 Å². The number of amides is 8. The third kappa shape index (κ3) is 22.7. The van der Waals surface area contributed by atoms with Gasteiger partial charge in [0, 0.05) is 58.9 Å². The summed E-state index contributed by atoms with van der Waals surface area (Å²) in [6.45, 7) is 12.2. The normalized spacial score (nSPS) is 28.8. The maximum Gasteiger partial charge on any atom is 0.243 e. The Morgan fingerprint density at radius 2 is 0.902 bits per heavy atom. The van der Waals surface area contributed by atoms with E-state index in [0.717, 1.165) is 65.6 Å². The van der Waals surface area contributed by atoms with Crippen LogP contribution in [0.5, 0.6) is 17.2 Å². The zero-order chi connectivity index (χ0) is 88.0. The van der Waals surface area contributed by atoms with Gasteiger partial charge in [-0.25, -0.2) is 0 Å². The van der Waals surface area contributed by atoms with Crippen molar-refractivity contribution in [2.75, 3.05) is 41.2 Å². The van der Waals surface area contributed by atoms with E-state index in [9.17, 15) is 58.5 Å². The molecule has 4 aliphatic heterocycles. The van der Waals surface area contributed by atoms with Crippen molar-refractivity contribution in [3.8, 4) is 28.4 Å². The van der Waals surface area contributed by atoms with Crippen molar-refractivity contribution in [1.82, 2.24) is 47.9 Å². The number of carbonyl (C=O) groups is 11. The molecule has 14 unspecified atom stereocenters. The van der Waals surface area contributed by atoms with Gasteiger partial charge in [-0.2, -0.15) is 0 Å². The largest absolute Gasteiger partial charge is 0.496 e. The van der Waals surface area contributed by atoms with Gasteiger partial charge >= 0.3 is 0 Å². The number of rotatable bonds is 38. The van der Waals surface area contributed by atoms with Crippen molar-refractivity contribution in [3.05, 3.63) is 111 Å². The average molecular weight is 1700 g/mol. The van der Waals surface area contributed by atoms with Gasteiger partial charge in [-0.05, 0) is 261 Å². The van der Waals surface area contributed by atoms with E-state index in [1.54, 1.807) is 79.0 Å². The molecule has 123 heavy (non-hydrogen) atoms. The molecule has 4 heterocycles. The molecule has 3 aromatic rings. The first-order chi connectivity index (χ1) is 58.6. The third-order valence-electron chi connectivity index (χ3n) is 27.4. The van der Waals surface area contributed by atoms with Crippen molar-refractivity contribution >= 4 is 64.6 Å². The van der Waals surface area contributed by atoms with E-state index in [-0.39, 0.29) is 92.4 Å². The van der Waals surface area contributed by atoms with Crippen LogP contribution in [0.2, 0.25) is 0 Å². The first-order valence-corrected chi connectivity index (χ1v) is 44.6. The number of allylic oxidation sites excluding steroid dienone is 3. The molecule has 4 saturated carbocycles. The molecule has 7 fully saturated rings. The first kappa shape index (κ1) is 91.3. The standard InChI is InChI=1S/C94H127N9O20/c1-51(95-86(112)59-21-26-64(104)27-22-59)83(109)99-70(79-66-30-25-63(66)47-73(98-79)82(108)94(7)50-123-94)43-57-19-32-77(119-9)68(40-57)69-41-58(20-33-78(69)120-10)46-75(103-84(110)52(2)96-87(113)60-23-28-65(105)29-24-60)90(116)101-72(81(107)93(6)49-122-93)44-55-16-13-17-62(38-55)67-39-56(18-31-76(67)118-8)45-74(102-85(111)53(3)97-88(114)61-34-36-91(4,117)37-35-61)89(115)100-71(42-54-14-11-12-15-54)80(106)92(5)48-121-92/h14,18-20,31-33,38-41,51-53,59-65,70-75,98,104-105,117H,11-13,15-17,21-30,34-37,42-50H2,1-10H3,(H,95,112)(H,96,113)(H,97,114)(H,99,109)(H,100,115)(H,101,116)(H,102,111)(H,103,110). The van der Waals surface area contributed by atoms with Gasteiger partial charge in [0.05, 0.1) is 83.1 Å². The van der Waals surface area contributed by atoms with Crippen LogP contribution >= 0.6 is 0 Å². The Balaban J connectivity index is 0.774. The number of hydrogen-bond donors (Lipinski definition) is 12. The first-order valence-electron chi connectivity index (χ1n) is 44.6. The predicted molar refractivity (Wildman–Crippen MR) is 455 cm³/mol. The second-order valence-corrected chi connectivity index (χ2v) is 37.3. The number of nitrogens with one attached hydrogen (secondary N) is 9. The summed E-state index contributed by atoms with van der Waals surface area (Å²) in [5, 5.41) is 58.5. The summed E-state index contributed by atoms with van der Waals surface area (Å²) >= 11 is 0. The molecule has 3 aromatic carbocycles. The Kier molecular flexibility index (Phi) is 29.0. The Labute approximate surface area is 720 Å². The van der Waals surface area contributed by atoms with Gasteiger partial charge in [0.15, 0.2) is 17.3 Å². The lowest BCUT2D eigenvalue weighted by Crippen LogP contribution is -2.57. The van der Waals surface area contributed by atoms with E-state index in [1.165, 1.54) is 21.1 Å². The van der Waals surface area contributed by atoms with Gasteiger partial charge in [0.2, 0.25) is 47.3 Å². The molecule has 8 amide bonds. The molecule has 3 saturated heterocycles. The van der Waals surface area contributed by atoms with Crippen molar-refractivity contribution in [3.63, 3.8) is 0 Å². The maximum absolute atomic E-state index is 15.7. The fraction of sp³-hybridized carbons (Fsp3) is 0.628. The van der Waals surface area contributed by atoms with E-state index >= 15 is 9.59 Å². The number of aliphatic hydroxyl groups is 3. The number of aliphatic hydroxyl groups excluding tert-OH is 2.